The summed E-state index contributed by atoms with van der Waals surface area (Å²) in [6.45, 7) is 3.24. The van der Waals surface area contributed by atoms with Gasteiger partial charge in [-0.3, -0.25) is 0 Å². The topological polar surface area (TPSA) is 20.3 Å². The maximum Gasteiger partial charge on any atom is 0.124 e. The smallest absolute Gasteiger partial charge is 0.124 e. The van der Waals surface area contributed by atoms with Gasteiger partial charge in [-0.2, -0.15) is 0 Å². The van der Waals surface area contributed by atoms with Crippen LogP contribution in [0.25, 0.3) is 0 Å². The Balaban J connectivity index is 1.65. The van der Waals surface area contributed by atoms with E-state index in [1.54, 1.807) is 0 Å². The second-order valence-electron chi connectivity index (χ2n) is 5.34. The number of carbonyl (C=O) groups excluding carboxylic acids is 1. The lowest BCUT2D eigenvalue weighted by molar-refractivity contribution is -0.112. The fraction of sp³-hybridized carbons (Fsp3) is 0.533. The molecule has 1 fully saturated rings. The summed E-state index contributed by atoms with van der Waals surface area (Å²) in [6.07, 6.45) is 3.39. The predicted octanol–water partition coefficient (Wildman–Crippen LogP) is 2.79. The number of thioether (sulfide) groups is 1. The second-order valence-corrected chi connectivity index (χ2v) is 6.41. The van der Waals surface area contributed by atoms with Crippen LogP contribution in [0.15, 0.2) is 29.2 Å². The van der Waals surface area contributed by atoms with Gasteiger partial charge in [-0.25, -0.2) is 0 Å². The van der Waals surface area contributed by atoms with Gasteiger partial charge in [-0.05, 0) is 31.0 Å². The molecule has 0 aromatic heterocycles. The van der Waals surface area contributed by atoms with E-state index in [2.05, 4.69) is 29.2 Å². The highest BCUT2D eigenvalue weighted by Crippen LogP contribution is 2.39. The monoisotopic (exact) mass is 261 g/mol. The molecule has 1 aromatic carbocycles. The molecule has 3 heteroatoms. The summed E-state index contributed by atoms with van der Waals surface area (Å²) < 4.78 is 0. The van der Waals surface area contributed by atoms with Gasteiger partial charge in [-0.15, -0.1) is 11.8 Å². The maximum atomic E-state index is 10.9. The fourth-order valence-electron chi connectivity index (χ4n) is 3.06. The van der Waals surface area contributed by atoms with Crippen LogP contribution < -0.4 is 0 Å². The first-order valence-electron chi connectivity index (χ1n) is 6.76. The van der Waals surface area contributed by atoms with E-state index in [-0.39, 0.29) is 5.92 Å². The third-order valence-corrected chi connectivity index (χ3v) is 5.26. The van der Waals surface area contributed by atoms with Crippen LogP contribution in [0.2, 0.25) is 0 Å². The number of likely N-dealkylation sites (tertiary alicyclic amines) is 1. The Kier molecular flexibility index (Phi) is 3.71. The lowest BCUT2D eigenvalue weighted by Gasteiger charge is -2.32. The molecular formula is C15H19NOS. The number of piperidine rings is 1. The quantitative estimate of drug-likeness (QED) is 0.780. The largest absolute Gasteiger partial charge is 0.303 e. The first-order valence-corrected chi connectivity index (χ1v) is 7.75. The molecule has 0 radical (unpaired) electrons. The minimum absolute atomic E-state index is 0.267. The lowest BCUT2D eigenvalue weighted by atomic mass is 9.96. The van der Waals surface area contributed by atoms with Crippen LogP contribution in [0.1, 0.15) is 24.3 Å². The van der Waals surface area contributed by atoms with Crippen molar-refractivity contribution in [3.8, 4) is 0 Å². The van der Waals surface area contributed by atoms with Gasteiger partial charge in [0.2, 0.25) is 0 Å². The highest BCUT2D eigenvalue weighted by Gasteiger charge is 2.27. The molecule has 1 aromatic rings. The average molecular weight is 261 g/mol. The van der Waals surface area contributed by atoms with Crippen molar-refractivity contribution in [2.45, 2.75) is 23.7 Å². The van der Waals surface area contributed by atoms with Crippen molar-refractivity contribution in [2.75, 3.05) is 25.4 Å². The molecule has 0 aliphatic carbocycles. The zero-order chi connectivity index (χ0) is 12.4. The highest BCUT2D eigenvalue weighted by molar-refractivity contribution is 7.99. The third kappa shape index (κ3) is 2.47. The number of aldehydes is 1. The molecule has 0 saturated carbocycles. The van der Waals surface area contributed by atoms with Crippen LogP contribution in [0, 0.1) is 5.92 Å². The Morgan fingerprint density at radius 2 is 2.28 bits per heavy atom. The second kappa shape index (κ2) is 5.45. The van der Waals surface area contributed by atoms with Crippen molar-refractivity contribution in [3.05, 3.63) is 29.8 Å². The first-order chi connectivity index (χ1) is 8.86. The molecule has 1 saturated heterocycles. The summed E-state index contributed by atoms with van der Waals surface area (Å²) in [5, 5.41) is 0. The van der Waals surface area contributed by atoms with Gasteiger partial charge >= 0.3 is 0 Å². The predicted molar refractivity (Wildman–Crippen MR) is 75.1 cm³/mol. The van der Waals surface area contributed by atoms with Crippen molar-refractivity contribution in [1.82, 2.24) is 4.90 Å². The van der Waals surface area contributed by atoms with Crippen LogP contribution in [0.3, 0.4) is 0 Å². The van der Waals surface area contributed by atoms with Crippen LogP contribution in [-0.2, 0) is 4.79 Å². The molecule has 2 unspecified atom stereocenters. The Bertz CT molecular complexity index is 434. The summed E-state index contributed by atoms with van der Waals surface area (Å²) in [5.41, 5.74) is 1.51. The average Bonchev–Trinajstić information content (AvgIpc) is 2.83. The van der Waals surface area contributed by atoms with Crippen molar-refractivity contribution < 1.29 is 4.79 Å². The van der Waals surface area contributed by atoms with E-state index in [1.165, 1.54) is 22.6 Å². The van der Waals surface area contributed by atoms with E-state index < -0.39 is 0 Å². The Labute approximate surface area is 113 Å². The van der Waals surface area contributed by atoms with Crippen LogP contribution >= 0.6 is 11.8 Å². The number of hydrogen-bond acceptors (Lipinski definition) is 3. The molecule has 2 atom stereocenters. The van der Waals surface area contributed by atoms with E-state index in [4.69, 9.17) is 0 Å². The van der Waals surface area contributed by atoms with Crippen molar-refractivity contribution in [3.63, 3.8) is 0 Å². The van der Waals surface area contributed by atoms with Gasteiger partial charge in [0.15, 0.2) is 0 Å². The SMILES string of the molecule is O=CC1CCCN(CC2CSc3ccccc32)C1. The molecule has 3 rings (SSSR count). The van der Waals surface area contributed by atoms with E-state index >= 15 is 0 Å². The number of rotatable bonds is 3. The summed E-state index contributed by atoms with van der Waals surface area (Å²) >= 11 is 1.97. The Morgan fingerprint density at radius 3 is 3.17 bits per heavy atom. The zero-order valence-electron chi connectivity index (χ0n) is 10.5. The number of fused-ring (bicyclic) bond motifs is 1. The Hall–Kier alpha value is -0.800. The van der Waals surface area contributed by atoms with Crippen LogP contribution in [0.4, 0.5) is 0 Å². The standard InChI is InChI=1S/C15H19NOS/c17-10-12-4-3-7-16(8-12)9-13-11-18-15-6-2-1-5-14(13)15/h1-2,5-6,10,12-13H,3-4,7-9,11H2. The van der Waals surface area contributed by atoms with E-state index in [9.17, 15) is 4.79 Å². The maximum absolute atomic E-state index is 10.9. The molecule has 2 nitrogen and oxygen atoms in total. The number of benzene rings is 1. The molecule has 96 valence electrons. The van der Waals surface area contributed by atoms with E-state index in [0.29, 0.717) is 5.92 Å². The summed E-state index contributed by atoms with van der Waals surface area (Å²) in [6, 6.07) is 8.76. The van der Waals surface area contributed by atoms with Crippen LogP contribution in [-0.4, -0.2) is 36.6 Å². The van der Waals surface area contributed by atoms with Gasteiger partial charge in [0.05, 0.1) is 0 Å². The molecule has 2 heterocycles. The van der Waals surface area contributed by atoms with Crippen LogP contribution in [0.5, 0.6) is 0 Å². The normalized spacial score (nSPS) is 28.0. The summed E-state index contributed by atoms with van der Waals surface area (Å²) in [7, 11) is 0. The van der Waals surface area contributed by atoms with Gasteiger partial charge in [0.25, 0.3) is 0 Å². The molecule has 0 bridgehead atoms. The van der Waals surface area contributed by atoms with E-state index in [0.717, 1.165) is 32.3 Å². The minimum Gasteiger partial charge on any atom is -0.303 e. The first kappa shape index (κ1) is 12.2. The van der Waals surface area contributed by atoms with Gasteiger partial charge < -0.3 is 9.69 Å². The lowest BCUT2D eigenvalue weighted by Crippen LogP contribution is -2.38. The molecule has 18 heavy (non-hydrogen) atoms. The Morgan fingerprint density at radius 1 is 1.39 bits per heavy atom. The molecule has 2 aliphatic heterocycles. The molecule has 2 aliphatic rings. The van der Waals surface area contributed by atoms with Gasteiger partial charge in [0, 0.05) is 35.6 Å². The highest BCUT2D eigenvalue weighted by atomic mass is 32.2. The fourth-order valence-corrected chi connectivity index (χ4v) is 4.30. The third-order valence-electron chi connectivity index (χ3n) is 4.01. The van der Waals surface area contributed by atoms with Crippen molar-refractivity contribution >= 4 is 18.0 Å². The molecular weight excluding hydrogens is 242 g/mol. The molecule has 0 spiro atoms. The summed E-state index contributed by atoms with van der Waals surface area (Å²) in [4.78, 5) is 14.8. The zero-order valence-corrected chi connectivity index (χ0v) is 11.4. The molecule has 0 N–H and O–H groups in total. The van der Waals surface area contributed by atoms with Gasteiger partial charge in [0.1, 0.15) is 6.29 Å². The van der Waals surface area contributed by atoms with Crippen molar-refractivity contribution in [2.24, 2.45) is 5.92 Å². The number of carbonyl (C=O) groups is 1. The van der Waals surface area contributed by atoms with Gasteiger partial charge in [-0.1, -0.05) is 18.2 Å². The van der Waals surface area contributed by atoms with Crippen molar-refractivity contribution in [1.29, 1.82) is 0 Å². The number of nitrogens with zero attached hydrogens (tertiary/aromatic N) is 1. The minimum atomic E-state index is 0.267. The number of hydrogen-bond donors (Lipinski definition) is 0. The summed E-state index contributed by atoms with van der Waals surface area (Å²) in [5.74, 6) is 2.11. The van der Waals surface area contributed by atoms with E-state index in [1.807, 2.05) is 11.8 Å². The molecule has 0 amide bonds.